The van der Waals surface area contributed by atoms with E-state index in [0.29, 0.717) is 11.5 Å². The molecular formula is C7H10N4O. The van der Waals surface area contributed by atoms with Crippen molar-refractivity contribution in [3.05, 3.63) is 18.5 Å². The largest absolute Gasteiger partial charge is 0.476 e. The molecule has 0 spiro atoms. The topological polar surface area (TPSA) is 79.1 Å². The number of aromatic nitrogens is 2. The standard InChI is InChI=1S/C7H10N4O/c8-5-4-10-11(7(5)9)6-2-1-3-12-6/h1,3-4,6H,2,8-9H2. The van der Waals surface area contributed by atoms with Crippen LogP contribution in [0.15, 0.2) is 18.5 Å². The molecule has 64 valence electrons. The van der Waals surface area contributed by atoms with Crippen LogP contribution in [-0.2, 0) is 4.74 Å². The molecule has 1 atom stereocenters. The van der Waals surface area contributed by atoms with Gasteiger partial charge < -0.3 is 16.2 Å². The highest BCUT2D eigenvalue weighted by molar-refractivity contribution is 5.57. The molecule has 2 heterocycles. The normalized spacial score (nSPS) is 21.2. The predicted molar refractivity (Wildman–Crippen MR) is 44.9 cm³/mol. The third-order valence-electron chi connectivity index (χ3n) is 1.81. The van der Waals surface area contributed by atoms with E-state index in [1.807, 2.05) is 6.08 Å². The van der Waals surface area contributed by atoms with Crippen LogP contribution in [-0.4, -0.2) is 9.78 Å². The molecule has 1 aliphatic rings. The quantitative estimate of drug-likeness (QED) is 0.636. The van der Waals surface area contributed by atoms with Gasteiger partial charge in [0.1, 0.15) is 5.82 Å². The Morgan fingerprint density at radius 1 is 1.58 bits per heavy atom. The number of anilines is 2. The molecule has 0 bridgehead atoms. The van der Waals surface area contributed by atoms with Crippen molar-refractivity contribution in [2.45, 2.75) is 12.6 Å². The van der Waals surface area contributed by atoms with Crippen LogP contribution in [0.2, 0.25) is 0 Å². The highest BCUT2D eigenvalue weighted by Gasteiger charge is 2.17. The third-order valence-corrected chi connectivity index (χ3v) is 1.81. The molecule has 0 radical (unpaired) electrons. The lowest BCUT2D eigenvalue weighted by molar-refractivity contribution is 0.0947. The first kappa shape index (κ1) is 7.02. The van der Waals surface area contributed by atoms with Crippen LogP contribution in [0.3, 0.4) is 0 Å². The lowest BCUT2D eigenvalue weighted by Crippen LogP contribution is -2.12. The van der Waals surface area contributed by atoms with E-state index in [4.69, 9.17) is 16.2 Å². The zero-order valence-corrected chi connectivity index (χ0v) is 6.47. The Balaban J connectivity index is 2.28. The summed E-state index contributed by atoms with van der Waals surface area (Å²) in [7, 11) is 0. The number of nitrogens with two attached hydrogens (primary N) is 2. The second-order valence-electron chi connectivity index (χ2n) is 2.63. The molecular weight excluding hydrogens is 156 g/mol. The van der Waals surface area contributed by atoms with E-state index in [1.54, 1.807) is 10.9 Å². The SMILES string of the molecule is Nc1cnn(C2CC=CO2)c1N. The number of ether oxygens (including phenoxy) is 1. The molecule has 4 N–H and O–H groups in total. The smallest absolute Gasteiger partial charge is 0.196 e. The summed E-state index contributed by atoms with van der Waals surface area (Å²) in [5, 5.41) is 4.00. The summed E-state index contributed by atoms with van der Waals surface area (Å²) in [6.45, 7) is 0. The summed E-state index contributed by atoms with van der Waals surface area (Å²) in [5.74, 6) is 0.462. The molecule has 0 amide bonds. The Morgan fingerprint density at radius 2 is 2.42 bits per heavy atom. The zero-order valence-electron chi connectivity index (χ0n) is 6.47. The van der Waals surface area contributed by atoms with E-state index in [2.05, 4.69) is 5.10 Å². The summed E-state index contributed by atoms with van der Waals surface area (Å²) >= 11 is 0. The lowest BCUT2D eigenvalue weighted by Gasteiger charge is -2.11. The van der Waals surface area contributed by atoms with E-state index >= 15 is 0 Å². The fourth-order valence-corrected chi connectivity index (χ4v) is 1.15. The maximum absolute atomic E-state index is 5.65. The van der Waals surface area contributed by atoms with E-state index in [0.717, 1.165) is 6.42 Å². The summed E-state index contributed by atoms with van der Waals surface area (Å²) in [6.07, 6.45) is 5.74. The summed E-state index contributed by atoms with van der Waals surface area (Å²) in [5.41, 5.74) is 11.7. The monoisotopic (exact) mass is 166 g/mol. The molecule has 1 aliphatic heterocycles. The van der Waals surface area contributed by atoms with Crippen LogP contribution >= 0.6 is 0 Å². The molecule has 0 saturated heterocycles. The van der Waals surface area contributed by atoms with Gasteiger partial charge >= 0.3 is 0 Å². The van der Waals surface area contributed by atoms with Crippen molar-refractivity contribution in [3.63, 3.8) is 0 Å². The number of nitrogens with zero attached hydrogens (tertiary/aromatic N) is 2. The number of nitrogen functional groups attached to an aromatic ring is 2. The van der Waals surface area contributed by atoms with Gasteiger partial charge in [0, 0.05) is 6.42 Å². The van der Waals surface area contributed by atoms with Crippen LogP contribution in [0.5, 0.6) is 0 Å². The van der Waals surface area contributed by atoms with Crippen molar-refractivity contribution >= 4 is 11.5 Å². The minimum absolute atomic E-state index is 0.123. The number of hydrogen-bond donors (Lipinski definition) is 2. The molecule has 1 aromatic rings. The van der Waals surface area contributed by atoms with Crippen molar-refractivity contribution in [1.29, 1.82) is 0 Å². The van der Waals surface area contributed by atoms with Gasteiger partial charge in [0.25, 0.3) is 0 Å². The van der Waals surface area contributed by atoms with Crippen LogP contribution in [0, 0.1) is 0 Å². The van der Waals surface area contributed by atoms with Crippen molar-refractivity contribution in [1.82, 2.24) is 9.78 Å². The van der Waals surface area contributed by atoms with Gasteiger partial charge in [0.2, 0.25) is 0 Å². The number of hydrogen-bond acceptors (Lipinski definition) is 4. The highest BCUT2D eigenvalue weighted by Crippen LogP contribution is 2.25. The number of rotatable bonds is 1. The molecule has 0 aromatic carbocycles. The molecule has 5 heteroatoms. The van der Waals surface area contributed by atoms with Crippen LogP contribution in [0.4, 0.5) is 11.5 Å². The highest BCUT2D eigenvalue weighted by atomic mass is 16.5. The van der Waals surface area contributed by atoms with Crippen molar-refractivity contribution in [3.8, 4) is 0 Å². The zero-order chi connectivity index (χ0) is 8.55. The molecule has 0 fully saturated rings. The Morgan fingerprint density at radius 3 is 2.92 bits per heavy atom. The van der Waals surface area contributed by atoms with Crippen LogP contribution in [0.25, 0.3) is 0 Å². The Kier molecular flexibility index (Phi) is 1.43. The van der Waals surface area contributed by atoms with Gasteiger partial charge in [-0.15, -0.1) is 0 Å². The van der Waals surface area contributed by atoms with Crippen LogP contribution < -0.4 is 11.5 Å². The second-order valence-corrected chi connectivity index (χ2v) is 2.63. The van der Waals surface area contributed by atoms with E-state index in [9.17, 15) is 0 Å². The van der Waals surface area contributed by atoms with E-state index in [-0.39, 0.29) is 6.23 Å². The van der Waals surface area contributed by atoms with E-state index in [1.165, 1.54) is 6.20 Å². The van der Waals surface area contributed by atoms with Gasteiger partial charge in [0.15, 0.2) is 6.23 Å². The molecule has 0 saturated carbocycles. The van der Waals surface area contributed by atoms with Crippen LogP contribution in [0.1, 0.15) is 12.6 Å². The maximum atomic E-state index is 5.65. The maximum Gasteiger partial charge on any atom is 0.196 e. The molecule has 12 heavy (non-hydrogen) atoms. The average molecular weight is 166 g/mol. The first-order chi connectivity index (χ1) is 5.79. The predicted octanol–water partition coefficient (Wildman–Crippen LogP) is 0.480. The Hall–Kier alpha value is -1.65. The molecule has 1 unspecified atom stereocenters. The Bertz CT molecular complexity index is 309. The first-order valence-corrected chi connectivity index (χ1v) is 3.68. The average Bonchev–Trinajstić information content (AvgIpc) is 2.64. The fraction of sp³-hybridized carbons (Fsp3) is 0.286. The minimum atomic E-state index is -0.123. The van der Waals surface area contributed by atoms with Crippen molar-refractivity contribution in [2.75, 3.05) is 11.5 Å². The molecule has 2 rings (SSSR count). The van der Waals surface area contributed by atoms with Crippen molar-refractivity contribution in [2.24, 2.45) is 0 Å². The molecule has 1 aromatic heterocycles. The van der Waals surface area contributed by atoms with Gasteiger partial charge in [-0.3, -0.25) is 0 Å². The van der Waals surface area contributed by atoms with Gasteiger partial charge in [0.05, 0.1) is 18.1 Å². The van der Waals surface area contributed by atoms with Gasteiger partial charge in [-0.25, -0.2) is 4.68 Å². The third kappa shape index (κ3) is 0.903. The second kappa shape index (κ2) is 2.44. The summed E-state index contributed by atoms with van der Waals surface area (Å²) in [4.78, 5) is 0. The molecule has 0 aliphatic carbocycles. The molecule has 5 nitrogen and oxygen atoms in total. The van der Waals surface area contributed by atoms with Gasteiger partial charge in [-0.05, 0) is 6.08 Å². The summed E-state index contributed by atoms with van der Waals surface area (Å²) < 4.78 is 6.80. The first-order valence-electron chi connectivity index (χ1n) is 3.68. The fourth-order valence-electron chi connectivity index (χ4n) is 1.15. The van der Waals surface area contributed by atoms with E-state index < -0.39 is 0 Å². The van der Waals surface area contributed by atoms with Crippen molar-refractivity contribution < 1.29 is 4.74 Å². The minimum Gasteiger partial charge on any atom is -0.476 e. The Labute approximate surface area is 69.6 Å². The lowest BCUT2D eigenvalue weighted by atomic mass is 10.4. The van der Waals surface area contributed by atoms with Gasteiger partial charge in [-0.2, -0.15) is 5.10 Å². The summed E-state index contributed by atoms with van der Waals surface area (Å²) in [6, 6.07) is 0. The van der Waals surface area contributed by atoms with Gasteiger partial charge in [-0.1, -0.05) is 0 Å².